The van der Waals surface area contributed by atoms with Crippen LogP contribution in [0, 0.1) is 6.92 Å². The molecule has 3 aliphatic rings. The molecule has 5 rings (SSSR count). The number of aromatic hydroxyl groups is 1. The first-order chi connectivity index (χ1) is 19.5. The number of carbonyl (C=O) groups excluding carboxylic acids is 1. The maximum atomic E-state index is 13.8. The van der Waals surface area contributed by atoms with E-state index in [9.17, 15) is 50.8 Å². The first-order valence-electron chi connectivity index (χ1n) is 12.9. The number of aliphatic hydroxyl groups excluding tert-OH is 8. The Morgan fingerprint density at radius 1 is 0.756 bits per heavy atom. The topological polar surface area (TPSA) is 236 Å². The molecule has 0 spiro atoms. The molecule has 2 aromatic rings. The van der Waals surface area contributed by atoms with E-state index >= 15 is 0 Å². The zero-order valence-electron chi connectivity index (χ0n) is 21.7. The molecule has 224 valence electrons. The third-order valence-corrected chi connectivity index (χ3v) is 7.58. The van der Waals surface area contributed by atoms with Gasteiger partial charge in [-0.15, -0.1) is 0 Å². The molecule has 0 amide bonds. The Labute approximate surface area is 233 Å². The number of phenols is 1. The van der Waals surface area contributed by atoms with Crippen LogP contribution in [0.4, 0.5) is 0 Å². The lowest BCUT2D eigenvalue weighted by atomic mass is 9.81. The van der Waals surface area contributed by atoms with E-state index in [1.54, 1.807) is 13.0 Å². The highest BCUT2D eigenvalue weighted by Gasteiger charge is 2.48. The van der Waals surface area contributed by atoms with Crippen molar-refractivity contribution in [3.05, 3.63) is 58.1 Å². The summed E-state index contributed by atoms with van der Waals surface area (Å²) < 4.78 is 22.8. The molecule has 2 aromatic carbocycles. The van der Waals surface area contributed by atoms with Crippen LogP contribution in [0.1, 0.15) is 38.7 Å². The van der Waals surface area contributed by atoms with E-state index in [0.29, 0.717) is 5.56 Å². The Kier molecular flexibility index (Phi) is 8.35. The fraction of sp³-hybridized carbons (Fsp3) is 0.519. The molecule has 0 aromatic heterocycles. The highest BCUT2D eigenvalue weighted by atomic mass is 16.7. The molecule has 11 atom stereocenters. The van der Waals surface area contributed by atoms with Gasteiger partial charge in [0, 0.05) is 11.1 Å². The number of fused-ring (bicyclic) bond motifs is 2. The third-order valence-electron chi connectivity index (χ3n) is 7.58. The summed E-state index contributed by atoms with van der Waals surface area (Å²) in [4.78, 5) is 13.8. The van der Waals surface area contributed by atoms with Crippen molar-refractivity contribution in [2.24, 2.45) is 0 Å². The van der Waals surface area contributed by atoms with Crippen LogP contribution >= 0.6 is 0 Å². The molecular weight excluding hydrogens is 548 g/mol. The number of carbonyl (C=O) groups is 1. The van der Waals surface area contributed by atoms with Gasteiger partial charge in [-0.05, 0) is 24.6 Å². The Morgan fingerprint density at radius 2 is 1.34 bits per heavy atom. The Balaban J connectivity index is 1.57. The van der Waals surface area contributed by atoms with Crippen LogP contribution < -0.4 is 4.74 Å². The average molecular weight is 581 g/mol. The minimum Gasteiger partial charge on any atom is -0.507 e. The predicted molar refractivity (Wildman–Crippen MR) is 134 cm³/mol. The number of aryl methyl sites for hydroxylation is 1. The predicted octanol–water partition coefficient (Wildman–Crippen LogP) is -2.67. The summed E-state index contributed by atoms with van der Waals surface area (Å²) in [6.45, 7) is 0.272. The van der Waals surface area contributed by atoms with Gasteiger partial charge in [0.2, 0.25) is 12.1 Å². The molecule has 0 saturated carbocycles. The van der Waals surface area contributed by atoms with E-state index in [1.807, 2.05) is 0 Å². The normalized spacial score (nSPS) is 36.9. The molecule has 0 bridgehead atoms. The van der Waals surface area contributed by atoms with Crippen LogP contribution in [0.15, 0.2) is 30.3 Å². The summed E-state index contributed by atoms with van der Waals surface area (Å²) in [6.07, 6.45) is -17.3. The summed E-state index contributed by atoms with van der Waals surface area (Å²) in [6, 6.07) is 7.28. The van der Waals surface area contributed by atoms with E-state index in [4.69, 9.17) is 18.9 Å². The molecule has 1 aliphatic carbocycles. The SMILES string of the molecule is Cc1cc(O)c2c(c1)C(OC1OC(CO)C(O)C(O)C1O)c1cccc(OC3OC(CO)C(O)C(O)C3O)c1C2=O. The fourth-order valence-corrected chi connectivity index (χ4v) is 5.40. The molecule has 2 heterocycles. The first kappa shape index (κ1) is 29.8. The molecule has 2 aliphatic heterocycles. The second kappa shape index (κ2) is 11.5. The lowest BCUT2D eigenvalue weighted by molar-refractivity contribution is -0.309. The molecule has 2 fully saturated rings. The molecule has 0 radical (unpaired) electrons. The lowest BCUT2D eigenvalue weighted by Crippen LogP contribution is -2.60. The van der Waals surface area contributed by atoms with Crippen molar-refractivity contribution < 1.29 is 69.7 Å². The summed E-state index contributed by atoms with van der Waals surface area (Å²) in [5, 5.41) is 91.7. The van der Waals surface area contributed by atoms with Gasteiger partial charge in [0.1, 0.15) is 66.4 Å². The van der Waals surface area contributed by atoms with E-state index in [0.717, 1.165) is 0 Å². The van der Waals surface area contributed by atoms with Crippen molar-refractivity contribution in [1.82, 2.24) is 0 Å². The molecule has 41 heavy (non-hydrogen) atoms. The lowest BCUT2D eigenvalue weighted by Gasteiger charge is -2.42. The van der Waals surface area contributed by atoms with Gasteiger partial charge < -0.3 is 64.9 Å². The van der Waals surface area contributed by atoms with Crippen LogP contribution in [-0.4, -0.2) is 126 Å². The summed E-state index contributed by atoms with van der Waals surface area (Å²) in [5.74, 6) is -1.24. The van der Waals surface area contributed by atoms with Crippen molar-refractivity contribution in [1.29, 1.82) is 0 Å². The standard InChI is InChI=1S/C27H32O14/c1-9-5-11-16(12(30)6-9)20(33)17-10(25(11)41-27-24(37)22(35)19(32)15(8-29)40-27)3-2-4-13(17)38-26-23(36)21(34)18(31)14(7-28)39-26/h2-6,14-15,18-19,21-32,34-37H,7-8H2,1H3. The Morgan fingerprint density at radius 3 is 1.95 bits per heavy atom. The number of phenolic OH excluding ortho intramolecular Hbond substituents is 1. The maximum absolute atomic E-state index is 13.8. The highest BCUT2D eigenvalue weighted by Crippen LogP contribution is 2.46. The van der Waals surface area contributed by atoms with Crippen LogP contribution in [0.3, 0.4) is 0 Å². The number of benzene rings is 2. The minimum absolute atomic E-state index is 0.134. The second-order valence-electron chi connectivity index (χ2n) is 10.3. The third kappa shape index (κ3) is 5.11. The number of ketones is 1. The highest BCUT2D eigenvalue weighted by molar-refractivity contribution is 6.16. The van der Waals surface area contributed by atoms with Gasteiger partial charge >= 0.3 is 0 Å². The van der Waals surface area contributed by atoms with Gasteiger partial charge in [0.25, 0.3) is 0 Å². The number of hydrogen-bond donors (Lipinski definition) is 9. The van der Waals surface area contributed by atoms with E-state index in [2.05, 4.69) is 0 Å². The average Bonchev–Trinajstić information content (AvgIpc) is 2.94. The van der Waals surface area contributed by atoms with Gasteiger partial charge in [-0.25, -0.2) is 0 Å². The maximum Gasteiger partial charge on any atom is 0.229 e. The van der Waals surface area contributed by atoms with Crippen LogP contribution in [0.2, 0.25) is 0 Å². The first-order valence-corrected chi connectivity index (χ1v) is 12.9. The largest absolute Gasteiger partial charge is 0.507 e. The van der Waals surface area contributed by atoms with Crippen molar-refractivity contribution >= 4 is 5.78 Å². The monoisotopic (exact) mass is 580 g/mol. The molecule has 11 unspecified atom stereocenters. The Hall–Kier alpha value is -2.73. The van der Waals surface area contributed by atoms with E-state index in [1.165, 1.54) is 24.3 Å². The zero-order valence-corrected chi connectivity index (χ0v) is 21.7. The number of ether oxygens (including phenoxy) is 4. The number of hydrogen-bond acceptors (Lipinski definition) is 14. The summed E-state index contributed by atoms with van der Waals surface area (Å²) >= 11 is 0. The smallest absolute Gasteiger partial charge is 0.229 e. The van der Waals surface area contributed by atoms with Crippen LogP contribution in [-0.2, 0) is 14.2 Å². The van der Waals surface area contributed by atoms with Gasteiger partial charge in [-0.2, -0.15) is 0 Å². The van der Waals surface area contributed by atoms with E-state index in [-0.39, 0.29) is 33.8 Å². The molecule has 14 heteroatoms. The van der Waals surface area contributed by atoms with Crippen molar-refractivity contribution in [2.45, 2.75) is 74.4 Å². The van der Waals surface area contributed by atoms with Crippen molar-refractivity contribution in [3.8, 4) is 11.5 Å². The molecular formula is C27H32O14. The van der Waals surface area contributed by atoms with Crippen molar-refractivity contribution in [3.63, 3.8) is 0 Å². The molecule has 2 saturated heterocycles. The fourth-order valence-electron chi connectivity index (χ4n) is 5.40. The Bertz CT molecular complexity index is 1280. The minimum atomic E-state index is -1.77. The van der Waals surface area contributed by atoms with E-state index < -0.39 is 86.5 Å². The quantitative estimate of drug-likeness (QED) is 0.170. The number of rotatable bonds is 6. The molecule has 9 N–H and O–H groups in total. The van der Waals surface area contributed by atoms with Gasteiger partial charge in [-0.1, -0.05) is 18.2 Å². The van der Waals surface area contributed by atoms with Crippen molar-refractivity contribution in [2.75, 3.05) is 13.2 Å². The zero-order chi connectivity index (χ0) is 29.7. The van der Waals surface area contributed by atoms with Crippen LogP contribution in [0.5, 0.6) is 11.5 Å². The van der Waals surface area contributed by atoms with Gasteiger partial charge in [-0.3, -0.25) is 4.79 Å². The summed E-state index contributed by atoms with van der Waals surface area (Å²) in [5.41, 5.74) is 0.635. The van der Waals surface area contributed by atoms with Crippen LogP contribution in [0.25, 0.3) is 0 Å². The second-order valence-corrected chi connectivity index (χ2v) is 10.3. The summed E-state index contributed by atoms with van der Waals surface area (Å²) in [7, 11) is 0. The van der Waals surface area contributed by atoms with Gasteiger partial charge in [0.15, 0.2) is 6.29 Å². The van der Waals surface area contributed by atoms with Gasteiger partial charge in [0.05, 0.1) is 24.3 Å². The molecule has 14 nitrogen and oxygen atoms in total. The number of aliphatic hydroxyl groups is 8.